The molecule has 150 valence electrons. The maximum Gasteiger partial charge on any atom is 0.252 e. The standard InChI is InChI=1S/C23H19N3O3S/c27-21(24-13-12-18-5-4-16-28-18)17-8-10-19(11-9-17)29-22-23(26-15-14-25-22)30-20-6-2-1-3-7-20/h1-11,14-16H,12-13H2,(H,24,27). The third-order valence-electron chi connectivity index (χ3n) is 4.16. The van der Waals surface area contributed by atoms with Crippen LogP contribution >= 0.6 is 11.8 Å². The normalized spacial score (nSPS) is 10.5. The second kappa shape index (κ2) is 9.76. The second-order valence-electron chi connectivity index (χ2n) is 6.29. The van der Waals surface area contributed by atoms with Crippen LogP contribution in [0.3, 0.4) is 0 Å². The van der Waals surface area contributed by atoms with E-state index in [1.54, 1.807) is 42.9 Å². The van der Waals surface area contributed by atoms with E-state index < -0.39 is 0 Å². The lowest BCUT2D eigenvalue weighted by atomic mass is 10.2. The van der Waals surface area contributed by atoms with Crippen molar-refractivity contribution in [3.8, 4) is 11.6 Å². The monoisotopic (exact) mass is 417 g/mol. The predicted molar refractivity (Wildman–Crippen MR) is 114 cm³/mol. The van der Waals surface area contributed by atoms with Crippen LogP contribution in [0.15, 0.2) is 99.7 Å². The first-order chi connectivity index (χ1) is 14.8. The van der Waals surface area contributed by atoms with Gasteiger partial charge in [-0.15, -0.1) is 0 Å². The van der Waals surface area contributed by atoms with E-state index in [0.29, 0.717) is 35.2 Å². The lowest BCUT2D eigenvalue weighted by Crippen LogP contribution is -2.25. The number of amides is 1. The van der Waals surface area contributed by atoms with E-state index >= 15 is 0 Å². The molecule has 0 bridgehead atoms. The van der Waals surface area contributed by atoms with Gasteiger partial charge in [-0.05, 0) is 48.5 Å². The first kappa shape index (κ1) is 19.7. The third-order valence-corrected chi connectivity index (χ3v) is 5.14. The average Bonchev–Trinajstić information content (AvgIpc) is 3.30. The number of hydrogen-bond acceptors (Lipinski definition) is 6. The van der Waals surface area contributed by atoms with Gasteiger partial charge in [0.15, 0.2) is 5.03 Å². The van der Waals surface area contributed by atoms with Crippen molar-refractivity contribution in [2.75, 3.05) is 6.54 Å². The molecule has 1 amide bonds. The molecule has 2 heterocycles. The second-order valence-corrected chi connectivity index (χ2v) is 7.36. The molecule has 0 aliphatic heterocycles. The molecule has 0 atom stereocenters. The van der Waals surface area contributed by atoms with Gasteiger partial charge in [0.1, 0.15) is 11.5 Å². The SMILES string of the molecule is O=C(NCCc1ccco1)c1ccc(Oc2nccnc2Sc2ccccc2)cc1. The fourth-order valence-corrected chi connectivity index (χ4v) is 3.51. The third kappa shape index (κ3) is 5.27. The molecule has 4 rings (SSSR count). The van der Waals surface area contributed by atoms with Crippen LogP contribution in [-0.4, -0.2) is 22.4 Å². The van der Waals surface area contributed by atoms with Crippen molar-refractivity contribution >= 4 is 17.7 Å². The van der Waals surface area contributed by atoms with Crippen molar-refractivity contribution < 1.29 is 13.9 Å². The molecule has 7 heteroatoms. The first-order valence-electron chi connectivity index (χ1n) is 9.40. The Labute approximate surface area is 178 Å². The van der Waals surface area contributed by atoms with E-state index in [1.807, 2.05) is 42.5 Å². The summed E-state index contributed by atoms with van der Waals surface area (Å²) in [6.45, 7) is 0.504. The molecule has 2 aromatic heterocycles. The molecular weight excluding hydrogens is 398 g/mol. The van der Waals surface area contributed by atoms with Crippen LogP contribution in [0.2, 0.25) is 0 Å². The fraction of sp³-hybridized carbons (Fsp3) is 0.0870. The van der Waals surface area contributed by atoms with Gasteiger partial charge in [0.2, 0.25) is 0 Å². The summed E-state index contributed by atoms with van der Waals surface area (Å²) in [5, 5.41) is 3.55. The lowest BCUT2D eigenvalue weighted by Gasteiger charge is -2.09. The van der Waals surface area contributed by atoms with Gasteiger partial charge in [0.25, 0.3) is 11.8 Å². The van der Waals surface area contributed by atoms with Crippen molar-refractivity contribution in [1.82, 2.24) is 15.3 Å². The summed E-state index contributed by atoms with van der Waals surface area (Å²) < 4.78 is 11.2. The van der Waals surface area contributed by atoms with Crippen molar-refractivity contribution in [2.45, 2.75) is 16.3 Å². The van der Waals surface area contributed by atoms with Gasteiger partial charge in [-0.1, -0.05) is 30.0 Å². The smallest absolute Gasteiger partial charge is 0.252 e. The van der Waals surface area contributed by atoms with E-state index in [9.17, 15) is 4.79 Å². The maximum atomic E-state index is 12.3. The average molecular weight is 417 g/mol. The summed E-state index contributed by atoms with van der Waals surface area (Å²) in [5.41, 5.74) is 0.555. The number of furan rings is 1. The van der Waals surface area contributed by atoms with Gasteiger partial charge in [0.05, 0.1) is 6.26 Å². The fourth-order valence-electron chi connectivity index (χ4n) is 2.69. The van der Waals surface area contributed by atoms with Crippen LogP contribution in [0.1, 0.15) is 16.1 Å². The van der Waals surface area contributed by atoms with Gasteiger partial charge < -0.3 is 14.5 Å². The van der Waals surface area contributed by atoms with Crippen LogP contribution in [-0.2, 0) is 6.42 Å². The van der Waals surface area contributed by atoms with Crippen molar-refractivity contribution in [3.63, 3.8) is 0 Å². The summed E-state index contributed by atoms with van der Waals surface area (Å²) in [5.74, 6) is 1.69. The van der Waals surface area contributed by atoms with E-state index in [0.717, 1.165) is 10.7 Å². The zero-order valence-electron chi connectivity index (χ0n) is 16.0. The van der Waals surface area contributed by atoms with Crippen LogP contribution in [0.5, 0.6) is 11.6 Å². The molecule has 0 spiro atoms. The van der Waals surface area contributed by atoms with Crippen molar-refractivity contribution in [2.24, 2.45) is 0 Å². The van der Waals surface area contributed by atoms with Gasteiger partial charge in [-0.3, -0.25) is 4.79 Å². The van der Waals surface area contributed by atoms with Gasteiger partial charge in [0, 0.05) is 35.8 Å². The summed E-state index contributed by atoms with van der Waals surface area (Å²) in [4.78, 5) is 22.0. The van der Waals surface area contributed by atoms with Crippen molar-refractivity contribution in [3.05, 3.63) is 96.7 Å². The number of nitrogens with one attached hydrogen (secondary N) is 1. The Hall–Kier alpha value is -3.58. The lowest BCUT2D eigenvalue weighted by molar-refractivity contribution is 0.0953. The Morgan fingerprint density at radius 2 is 1.77 bits per heavy atom. The Bertz CT molecular complexity index is 1080. The first-order valence-corrected chi connectivity index (χ1v) is 10.2. The minimum atomic E-state index is -0.145. The molecule has 30 heavy (non-hydrogen) atoms. The molecule has 0 aliphatic rings. The van der Waals surface area contributed by atoms with Crippen LogP contribution in [0.4, 0.5) is 0 Å². The molecule has 0 radical (unpaired) electrons. The summed E-state index contributed by atoms with van der Waals surface area (Å²) in [7, 11) is 0. The predicted octanol–water partition coefficient (Wildman–Crippen LogP) is 4.99. The number of carbonyl (C=O) groups excluding carboxylic acids is 1. The molecule has 0 saturated heterocycles. The summed E-state index contributed by atoms with van der Waals surface area (Å²) in [6.07, 6.45) is 5.49. The van der Waals surface area contributed by atoms with Crippen LogP contribution < -0.4 is 10.1 Å². The number of nitrogens with zero attached hydrogens (tertiary/aromatic N) is 2. The molecule has 0 aliphatic carbocycles. The molecule has 0 saturated carbocycles. The van der Waals surface area contributed by atoms with Crippen molar-refractivity contribution in [1.29, 1.82) is 0 Å². The molecule has 6 nitrogen and oxygen atoms in total. The highest BCUT2D eigenvalue weighted by Crippen LogP contribution is 2.33. The number of ether oxygens (including phenoxy) is 1. The molecule has 1 N–H and O–H groups in total. The van der Waals surface area contributed by atoms with Gasteiger partial charge >= 0.3 is 0 Å². The highest BCUT2D eigenvalue weighted by Gasteiger charge is 2.11. The largest absolute Gasteiger partial charge is 0.469 e. The molecule has 2 aromatic carbocycles. The highest BCUT2D eigenvalue weighted by atomic mass is 32.2. The van der Waals surface area contributed by atoms with Crippen LogP contribution in [0, 0.1) is 0 Å². The zero-order valence-corrected chi connectivity index (χ0v) is 16.8. The number of aromatic nitrogens is 2. The maximum absolute atomic E-state index is 12.3. The number of hydrogen-bond donors (Lipinski definition) is 1. The molecule has 4 aromatic rings. The number of rotatable bonds is 8. The van der Waals surface area contributed by atoms with E-state index in [2.05, 4.69) is 15.3 Å². The number of carbonyl (C=O) groups is 1. The van der Waals surface area contributed by atoms with Crippen LogP contribution in [0.25, 0.3) is 0 Å². The van der Waals surface area contributed by atoms with Gasteiger partial charge in [-0.2, -0.15) is 0 Å². The van der Waals surface area contributed by atoms with E-state index in [4.69, 9.17) is 9.15 Å². The highest BCUT2D eigenvalue weighted by molar-refractivity contribution is 7.99. The minimum Gasteiger partial charge on any atom is -0.469 e. The Kier molecular flexibility index (Phi) is 6.41. The Morgan fingerprint density at radius 3 is 2.53 bits per heavy atom. The molecular formula is C23H19N3O3S. The topological polar surface area (TPSA) is 77.2 Å². The number of benzene rings is 2. The quantitative estimate of drug-likeness (QED) is 0.435. The Balaban J connectivity index is 1.37. The zero-order chi connectivity index (χ0) is 20.6. The Morgan fingerprint density at radius 1 is 0.967 bits per heavy atom. The minimum absolute atomic E-state index is 0.145. The van der Waals surface area contributed by atoms with Gasteiger partial charge in [-0.25, -0.2) is 9.97 Å². The summed E-state index contributed by atoms with van der Waals surface area (Å²) >= 11 is 1.48. The molecule has 0 fully saturated rings. The van der Waals surface area contributed by atoms with E-state index in [1.165, 1.54) is 11.8 Å². The summed E-state index contributed by atoms with van der Waals surface area (Å²) in [6, 6.07) is 20.6. The molecule has 0 unspecified atom stereocenters. The van der Waals surface area contributed by atoms with E-state index in [-0.39, 0.29) is 5.91 Å².